The van der Waals surface area contributed by atoms with Crippen LogP contribution in [0, 0.1) is 10.1 Å². The van der Waals surface area contributed by atoms with Crippen LogP contribution < -0.4 is 5.32 Å². The number of non-ortho nitro benzene ring substituents is 1. The van der Waals surface area contributed by atoms with Gasteiger partial charge in [-0.1, -0.05) is 0 Å². The maximum absolute atomic E-state index is 12.7. The Hall–Kier alpha value is -1.79. The van der Waals surface area contributed by atoms with Crippen LogP contribution in [0.5, 0.6) is 0 Å². The van der Waals surface area contributed by atoms with Crippen LogP contribution in [0.1, 0.15) is 6.42 Å². The lowest BCUT2D eigenvalue weighted by Crippen LogP contribution is -2.52. The number of nitro benzene ring substituents is 1. The zero-order valence-corrected chi connectivity index (χ0v) is 16.8. The number of nitrogens with one attached hydrogen (secondary N) is 1. The molecule has 1 amide bonds. The maximum atomic E-state index is 12.7. The molecular formula is C16H23ClN4O6S. The molecule has 1 unspecified atom stereocenters. The molecule has 0 aliphatic carbocycles. The third kappa shape index (κ3) is 5.17. The van der Waals surface area contributed by atoms with Gasteiger partial charge in [0.15, 0.2) is 0 Å². The number of piperazine rings is 1. The van der Waals surface area contributed by atoms with Crippen LogP contribution in [0.2, 0.25) is 0 Å². The molecule has 0 aromatic heterocycles. The smallest absolute Gasteiger partial charge is 0.269 e. The highest BCUT2D eigenvalue weighted by Gasteiger charge is 2.31. The molecule has 12 heteroatoms. The molecule has 1 atom stereocenters. The van der Waals surface area contributed by atoms with Gasteiger partial charge in [-0.05, 0) is 12.1 Å². The predicted octanol–water partition coefficient (Wildman–Crippen LogP) is 0.228. The summed E-state index contributed by atoms with van der Waals surface area (Å²) in [5, 5.41) is 13.9. The molecular weight excluding hydrogens is 412 g/mol. The zero-order chi connectivity index (χ0) is 19.4. The number of carbonyl (C=O) groups excluding carboxylic acids is 1. The first-order valence-electron chi connectivity index (χ1n) is 8.71. The van der Waals surface area contributed by atoms with Crippen molar-refractivity contribution in [2.24, 2.45) is 0 Å². The van der Waals surface area contributed by atoms with Crippen LogP contribution in [0.15, 0.2) is 29.2 Å². The molecule has 0 spiro atoms. The quantitative estimate of drug-likeness (QED) is 0.519. The van der Waals surface area contributed by atoms with E-state index in [1.165, 1.54) is 28.6 Å². The largest absolute Gasteiger partial charge is 0.378 e. The van der Waals surface area contributed by atoms with E-state index in [9.17, 15) is 23.3 Å². The maximum Gasteiger partial charge on any atom is 0.269 e. The van der Waals surface area contributed by atoms with Gasteiger partial charge in [0, 0.05) is 57.3 Å². The van der Waals surface area contributed by atoms with Gasteiger partial charge in [-0.2, -0.15) is 4.31 Å². The molecule has 1 aromatic rings. The number of carbonyl (C=O) groups is 1. The number of hydrogen-bond donors (Lipinski definition) is 1. The molecule has 2 fully saturated rings. The standard InChI is InChI=1S/C16H22N4O6S.ClH/c21-16(11-13-12-26-10-5-17-13)18-6-8-19(9-7-18)27(24,25)15-3-1-14(2-4-15)20(22)23;/h1-4,13,17H,5-12H2;1H. The summed E-state index contributed by atoms with van der Waals surface area (Å²) in [7, 11) is -3.74. The van der Waals surface area contributed by atoms with E-state index in [-0.39, 0.29) is 48.0 Å². The van der Waals surface area contributed by atoms with E-state index in [0.29, 0.717) is 32.7 Å². The fraction of sp³-hybridized carbons (Fsp3) is 0.562. The number of ether oxygens (including phenoxy) is 1. The molecule has 3 rings (SSSR count). The minimum atomic E-state index is -3.74. The number of amides is 1. The molecule has 10 nitrogen and oxygen atoms in total. The first-order chi connectivity index (χ1) is 12.9. The van der Waals surface area contributed by atoms with Crippen LogP contribution in [0.25, 0.3) is 0 Å². The molecule has 156 valence electrons. The lowest BCUT2D eigenvalue weighted by atomic mass is 10.1. The average Bonchev–Trinajstić information content (AvgIpc) is 2.69. The Kier molecular flexibility index (Phi) is 7.72. The third-order valence-electron chi connectivity index (χ3n) is 4.70. The average molecular weight is 435 g/mol. The molecule has 0 radical (unpaired) electrons. The number of hydrogen-bond acceptors (Lipinski definition) is 7. The van der Waals surface area contributed by atoms with E-state index < -0.39 is 14.9 Å². The van der Waals surface area contributed by atoms with Crippen molar-refractivity contribution in [3.63, 3.8) is 0 Å². The van der Waals surface area contributed by atoms with Crippen LogP contribution in [0.3, 0.4) is 0 Å². The molecule has 0 saturated carbocycles. The van der Waals surface area contributed by atoms with Gasteiger partial charge in [-0.3, -0.25) is 14.9 Å². The highest BCUT2D eigenvalue weighted by molar-refractivity contribution is 7.89. The molecule has 28 heavy (non-hydrogen) atoms. The van der Waals surface area contributed by atoms with E-state index in [1.807, 2.05) is 0 Å². The van der Waals surface area contributed by atoms with Crippen LogP contribution in [0.4, 0.5) is 5.69 Å². The van der Waals surface area contributed by atoms with Crippen molar-refractivity contribution in [1.29, 1.82) is 0 Å². The van der Waals surface area contributed by atoms with Crippen molar-refractivity contribution >= 4 is 34.0 Å². The van der Waals surface area contributed by atoms with E-state index in [1.54, 1.807) is 4.90 Å². The van der Waals surface area contributed by atoms with Crippen LogP contribution >= 0.6 is 12.4 Å². The van der Waals surface area contributed by atoms with E-state index in [0.717, 1.165) is 6.54 Å². The van der Waals surface area contributed by atoms with Gasteiger partial charge in [-0.15, -0.1) is 12.4 Å². The summed E-state index contributed by atoms with van der Waals surface area (Å²) in [6, 6.07) is 4.81. The Labute approximate surface area is 169 Å². The number of morpholine rings is 1. The molecule has 0 bridgehead atoms. The third-order valence-corrected chi connectivity index (χ3v) is 6.61. The Morgan fingerprint density at radius 2 is 1.86 bits per heavy atom. The minimum absolute atomic E-state index is 0. The number of rotatable bonds is 5. The lowest BCUT2D eigenvalue weighted by molar-refractivity contribution is -0.384. The van der Waals surface area contributed by atoms with Crippen molar-refractivity contribution in [3.8, 4) is 0 Å². The minimum Gasteiger partial charge on any atom is -0.378 e. The molecule has 2 aliphatic rings. The van der Waals surface area contributed by atoms with E-state index in [2.05, 4.69) is 5.32 Å². The number of benzene rings is 1. The predicted molar refractivity (Wildman–Crippen MR) is 103 cm³/mol. The Morgan fingerprint density at radius 3 is 2.39 bits per heavy atom. The summed E-state index contributed by atoms with van der Waals surface area (Å²) in [6.07, 6.45) is 0.328. The van der Waals surface area contributed by atoms with Crippen molar-refractivity contribution in [2.75, 3.05) is 45.9 Å². The van der Waals surface area contributed by atoms with E-state index >= 15 is 0 Å². The monoisotopic (exact) mass is 434 g/mol. The van der Waals surface area contributed by atoms with Gasteiger partial charge in [0.05, 0.1) is 23.0 Å². The molecule has 1 N–H and O–H groups in total. The first kappa shape index (κ1) is 22.5. The van der Waals surface area contributed by atoms with Gasteiger partial charge in [0.2, 0.25) is 15.9 Å². The van der Waals surface area contributed by atoms with Crippen LogP contribution in [-0.4, -0.2) is 80.4 Å². The Morgan fingerprint density at radius 1 is 1.21 bits per heavy atom. The number of nitro groups is 1. The van der Waals surface area contributed by atoms with Crippen molar-refractivity contribution in [2.45, 2.75) is 17.4 Å². The second-order valence-electron chi connectivity index (χ2n) is 6.47. The highest BCUT2D eigenvalue weighted by Crippen LogP contribution is 2.21. The number of sulfonamides is 1. The first-order valence-corrected chi connectivity index (χ1v) is 10.2. The molecule has 2 heterocycles. The van der Waals surface area contributed by atoms with Crippen molar-refractivity contribution in [1.82, 2.24) is 14.5 Å². The zero-order valence-electron chi connectivity index (χ0n) is 15.2. The summed E-state index contributed by atoms with van der Waals surface area (Å²) >= 11 is 0. The second-order valence-corrected chi connectivity index (χ2v) is 8.40. The molecule has 1 aromatic carbocycles. The summed E-state index contributed by atoms with van der Waals surface area (Å²) < 4.78 is 32.0. The van der Waals surface area contributed by atoms with Gasteiger partial charge >= 0.3 is 0 Å². The highest BCUT2D eigenvalue weighted by atomic mass is 35.5. The molecule has 2 saturated heterocycles. The topological polar surface area (TPSA) is 122 Å². The van der Waals surface area contributed by atoms with Gasteiger partial charge in [0.1, 0.15) is 0 Å². The number of halogens is 1. The van der Waals surface area contributed by atoms with Gasteiger partial charge in [-0.25, -0.2) is 8.42 Å². The fourth-order valence-corrected chi connectivity index (χ4v) is 4.58. The fourth-order valence-electron chi connectivity index (χ4n) is 3.16. The normalized spacial score (nSPS) is 21.0. The van der Waals surface area contributed by atoms with Gasteiger partial charge in [0.25, 0.3) is 5.69 Å². The summed E-state index contributed by atoms with van der Waals surface area (Å²) in [4.78, 5) is 24.2. The lowest BCUT2D eigenvalue weighted by Gasteiger charge is -2.35. The summed E-state index contributed by atoms with van der Waals surface area (Å²) in [5.74, 6) is -0.0228. The Bertz CT molecular complexity index is 790. The van der Waals surface area contributed by atoms with Gasteiger partial charge < -0.3 is 15.0 Å². The van der Waals surface area contributed by atoms with Crippen LogP contribution in [-0.2, 0) is 19.6 Å². The molecule has 2 aliphatic heterocycles. The Balaban J connectivity index is 0.00000280. The summed E-state index contributed by atoms with van der Waals surface area (Å²) in [6.45, 7) is 2.89. The summed E-state index contributed by atoms with van der Waals surface area (Å²) in [5.41, 5.74) is -0.162. The van der Waals surface area contributed by atoms with E-state index in [4.69, 9.17) is 4.74 Å². The second kappa shape index (κ2) is 9.61. The SMILES string of the molecule is Cl.O=C(CC1COCCN1)N1CCN(S(=O)(=O)c2ccc([N+](=O)[O-])cc2)CC1. The number of nitrogens with zero attached hydrogens (tertiary/aromatic N) is 3. The van der Waals surface area contributed by atoms with Crippen molar-refractivity contribution in [3.05, 3.63) is 34.4 Å². The van der Waals surface area contributed by atoms with Crippen molar-refractivity contribution < 1.29 is 22.9 Å².